The molecule has 0 saturated carbocycles. The van der Waals surface area contributed by atoms with E-state index in [1.165, 1.54) is 21.3 Å². The van der Waals surface area contributed by atoms with E-state index in [-0.39, 0.29) is 38.8 Å². The van der Waals surface area contributed by atoms with E-state index < -0.39 is 21.8 Å². The summed E-state index contributed by atoms with van der Waals surface area (Å²) in [7, 11) is -3.26. The van der Waals surface area contributed by atoms with E-state index in [9.17, 15) is 26.4 Å². The maximum Gasteiger partial charge on any atom is 0.416 e. The monoisotopic (exact) mass is 365 g/mol. The van der Waals surface area contributed by atoms with Crippen molar-refractivity contribution in [3.05, 3.63) is 35.4 Å². The highest BCUT2D eigenvalue weighted by Gasteiger charge is 2.30. The van der Waals surface area contributed by atoms with Crippen molar-refractivity contribution in [2.24, 2.45) is 0 Å². The largest absolute Gasteiger partial charge is 0.416 e. The van der Waals surface area contributed by atoms with Crippen molar-refractivity contribution < 1.29 is 26.4 Å². The molecule has 2 rings (SSSR count). The Bertz CT molecular complexity index is 681. The smallest absolute Gasteiger partial charge is 0.334 e. The minimum absolute atomic E-state index is 0.100. The van der Waals surface area contributed by atoms with Gasteiger partial charge in [-0.15, -0.1) is 0 Å². The number of piperazine rings is 1. The maximum atomic E-state index is 12.5. The van der Waals surface area contributed by atoms with Crippen molar-refractivity contribution in [2.75, 3.05) is 32.4 Å². The molecule has 0 aromatic heterocycles. The maximum absolute atomic E-state index is 12.5. The fraction of sp³-hybridized carbons (Fsp3) is 0.500. The first-order chi connectivity index (χ1) is 11.1. The second kappa shape index (κ2) is 6.98. The summed E-state index contributed by atoms with van der Waals surface area (Å²) in [5, 5.41) is 2.62. The lowest BCUT2D eigenvalue weighted by Crippen LogP contribution is -2.52. The molecule has 1 aromatic rings. The number of urea groups is 1. The van der Waals surface area contributed by atoms with Gasteiger partial charge in [-0.25, -0.2) is 13.2 Å². The van der Waals surface area contributed by atoms with Crippen molar-refractivity contribution in [1.82, 2.24) is 14.5 Å². The van der Waals surface area contributed by atoms with Crippen molar-refractivity contribution in [2.45, 2.75) is 12.7 Å². The summed E-state index contributed by atoms with van der Waals surface area (Å²) in [5.41, 5.74) is -0.194. The topological polar surface area (TPSA) is 69.7 Å². The van der Waals surface area contributed by atoms with Crippen LogP contribution in [0.5, 0.6) is 0 Å². The standard InChI is InChI=1S/C14H18F3N3O3S/c1-24(22,23)20-8-6-19(7-9-20)13(21)18-10-11-2-4-12(5-3-11)14(15,16)17/h2-5H,6-10H2,1H3,(H,18,21). The van der Waals surface area contributed by atoms with Gasteiger partial charge in [0.05, 0.1) is 11.8 Å². The van der Waals surface area contributed by atoms with Crippen LogP contribution < -0.4 is 5.32 Å². The number of amides is 2. The van der Waals surface area contributed by atoms with Crippen molar-refractivity contribution in [3.8, 4) is 0 Å². The van der Waals surface area contributed by atoms with E-state index in [4.69, 9.17) is 0 Å². The van der Waals surface area contributed by atoms with Crippen molar-refractivity contribution >= 4 is 16.1 Å². The molecule has 1 aromatic carbocycles. The van der Waals surface area contributed by atoms with Gasteiger partial charge in [0.1, 0.15) is 0 Å². The highest BCUT2D eigenvalue weighted by atomic mass is 32.2. The first-order valence-electron chi connectivity index (χ1n) is 7.21. The lowest BCUT2D eigenvalue weighted by atomic mass is 10.1. The SMILES string of the molecule is CS(=O)(=O)N1CCN(C(=O)NCc2ccc(C(F)(F)F)cc2)CC1. The van der Waals surface area contributed by atoms with Crippen LogP contribution in [0.4, 0.5) is 18.0 Å². The third-order valence-corrected chi connectivity index (χ3v) is 5.02. The second-order valence-electron chi connectivity index (χ2n) is 5.50. The number of alkyl halides is 3. The third kappa shape index (κ3) is 4.84. The van der Waals surface area contributed by atoms with Gasteiger partial charge in [-0.05, 0) is 17.7 Å². The number of nitrogens with one attached hydrogen (secondary N) is 1. The van der Waals surface area contributed by atoms with Crippen molar-refractivity contribution in [1.29, 1.82) is 0 Å². The number of nitrogens with zero attached hydrogens (tertiary/aromatic N) is 2. The Morgan fingerprint density at radius 3 is 2.12 bits per heavy atom. The average Bonchev–Trinajstić information content (AvgIpc) is 2.51. The normalized spacial score (nSPS) is 16.9. The van der Waals surface area contributed by atoms with Crippen LogP contribution in [0.25, 0.3) is 0 Å². The molecule has 2 amide bonds. The highest BCUT2D eigenvalue weighted by molar-refractivity contribution is 7.88. The summed E-state index contributed by atoms with van der Waals surface area (Å²) < 4.78 is 61.5. The first kappa shape index (κ1) is 18.5. The van der Waals surface area contributed by atoms with Crippen LogP contribution in [0.15, 0.2) is 24.3 Å². The van der Waals surface area contributed by atoms with E-state index in [1.54, 1.807) is 0 Å². The molecule has 1 heterocycles. The van der Waals surface area contributed by atoms with E-state index in [0.717, 1.165) is 18.4 Å². The molecule has 1 fully saturated rings. The molecule has 0 aliphatic carbocycles. The predicted octanol–water partition coefficient (Wildman–Crippen LogP) is 1.49. The van der Waals surface area contributed by atoms with E-state index in [0.29, 0.717) is 5.56 Å². The fourth-order valence-electron chi connectivity index (χ4n) is 2.32. The summed E-state index contributed by atoms with van der Waals surface area (Å²) in [5.74, 6) is 0. The molecule has 1 N–H and O–H groups in total. The van der Waals surface area contributed by atoms with Crippen LogP contribution in [0.2, 0.25) is 0 Å². The second-order valence-corrected chi connectivity index (χ2v) is 7.48. The zero-order valence-electron chi connectivity index (χ0n) is 13.0. The molecule has 0 atom stereocenters. The molecule has 0 unspecified atom stereocenters. The van der Waals surface area contributed by atoms with Gasteiger partial charge in [-0.1, -0.05) is 12.1 Å². The Hall–Kier alpha value is -1.81. The van der Waals surface area contributed by atoms with E-state index in [2.05, 4.69) is 5.32 Å². The van der Waals surface area contributed by atoms with Gasteiger partial charge < -0.3 is 10.2 Å². The van der Waals surface area contributed by atoms with E-state index in [1.807, 2.05) is 0 Å². The Balaban J connectivity index is 1.84. The van der Waals surface area contributed by atoms with Crippen LogP contribution >= 0.6 is 0 Å². The molecular weight excluding hydrogens is 347 g/mol. The highest BCUT2D eigenvalue weighted by Crippen LogP contribution is 2.29. The summed E-state index contributed by atoms with van der Waals surface area (Å²) in [6, 6.07) is 4.18. The van der Waals surface area contributed by atoms with Crippen LogP contribution in [-0.4, -0.2) is 56.1 Å². The Kier molecular flexibility index (Phi) is 5.38. The number of halogens is 3. The van der Waals surface area contributed by atoms with Gasteiger partial charge in [0.15, 0.2) is 0 Å². The molecule has 0 radical (unpaired) electrons. The van der Waals surface area contributed by atoms with E-state index >= 15 is 0 Å². The van der Waals surface area contributed by atoms with Gasteiger partial charge >= 0.3 is 12.2 Å². The number of hydrogen-bond donors (Lipinski definition) is 1. The van der Waals surface area contributed by atoms with Gasteiger partial charge in [0.2, 0.25) is 10.0 Å². The summed E-state index contributed by atoms with van der Waals surface area (Å²) in [6.07, 6.45) is -3.27. The Labute approximate surface area is 138 Å². The lowest BCUT2D eigenvalue weighted by molar-refractivity contribution is -0.137. The summed E-state index contributed by atoms with van der Waals surface area (Å²) in [6.45, 7) is 1.10. The lowest BCUT2D eigenvalue weighted by Gasteiger charge is -2.33. The summed E-state index contributed by atoms with van der Waals surface area (Å²) in [4.78, 5) is 13.5. The number of sulfonamides is 1. The van der Waals surface area contributed by atoms with Gasteiger partial charge in [0, 0.05) is 32.7 Å². The van der Waals surface area contributed by atoms with Crippen LogP contribution in [0.3, 0.4) is 0 Å². The molecular formula is C14H18F3N3O3S. The molecule has 1 aliphatic rings. The summed E-state index contributed by atoms with van der Waals surface area (Å²) >= 11 is 0. The molecule has 1 saturated heterocycles. The number of rotatable bonds is 3. The van der Waals surface area contributed by atoms with Gasteiger partial charge in [-0.3, -0.25) is 0 Å². The minimum atomic E-state index is -4.39. The first-order valence-corrected chi connectivity index (χ1v) is 9.06. The van der Waals surface area contributed by atoms with Crippen LogP contribution in [-0.2, 0) is 22.7 Å². The number of carbonyl (C=O) groups excluding carboxylic acids is 1. The Morgan fingerprint density at radius 1 is 1.12 bits per heavy atom. The average molecular weight is 365 g/mol. The Morgan fingerprint density at radius 2 is 1.67 bits per heavy atom. The zero-order chi connectivity index (χ0) is 18.0. The van der Waals surface area contributed by atoms with Crippen molar-refractivity contribution in [3.63, 3.8) is 0 Å². The number of benzene rings is 1. The third-order valence-electron chi connectivity index (χ3n) is 3.72. The van der Waals surface area contributed by atoms with Crippen LogP contribution in [0, 0.1) is 0 Å². The quantitative estimate of drug-likeness (QED) is 0.882. The number of carbonyl (C=O) groups is 1. The zero-order valence-corrected chi connectivity index (χ0v) is 13.8. The predicted molar refractivity (Wildman–Crippen MR) is 81.7 cm³/mol. The minimum Gasteiger partial charge on any atom is -0.334 e. The molecule has 6 nitrogen and oxygen atoms in total. The molecule has 134 valence electrons. The fourth-order valence-corrected chi connectivity index (χ4v) is 3.15. The van der Waals surface area contributed by atoms with Gasteiger partial charge in [-0.2, -0.15) is 17.5 Å². The molecule has 0 bridgehead atoms. The number of hydrogen-bond acceptors (Lipinski definition) is 3. The van der Waals surface area contributed by atoms with Gasteiger partial charge in [0.25, 0.3) is 0 Å². The molecule has 24 heavy (non-hydrogen) atoms. The molecule has 1 aliphatic heterocycles. The van der Waals surface area contributed by atoms with Crippen LogP contribution in [0.1, 0.15) is 11.1 Å². The molecule has 0 spiro atoms. The molecule has 10 heteroatoms.